The molecule has 1 rings (SSSR count). The maximum absolute atomic E-state index is 11.2. The fraction of sp³-hybridized carbons (Fsp3) is 0.615. The van der Waals surface area contributed by atoms with E-state index in [1.165, 1.54) is 0 Å². The molecular weight excluding hydrogens is 250 g/mol. The van der Waals surface area contributed by atoms with Crippen molar-refractivity contribution in [2.24, 2.45) is 0 Å². The van der Waals surface area contributed by atoms with Gasteiger partial charge in [0.2, 0.25) is 0 Å². The normalized spacial score (nSPS) is 14.3. The highest BCUT2D eigenvalue weighted by atomic mass is 32.2. The van der Waals surface area contributed by atoms with Gasteiger partial charge in [-0.2, -0.15) is 11.8 Å². The molecule has 0 saturated carbocycles. The fourth-order valence-electron chi connectivity index (χ4n) is 1.89. The number of hydrogen-bond donors (Lipinski definition) is 2. The molecule has 1 heterocycles. The van der Waals surface area contributed by atoms with E-state index in [0.717, 1.165) is 23.7 Å². The predicted molar refractivity (Wildman–Crippen MR) is 73.8 cm³/mol. The van der Waals surface area contributed by atoms with E-state index in [0.29, 0.717) is 12.8 Å². The van der Waals surface area contributed by atoms with Gasteiger partial charge in [-0.15, -0.1) is 0 Å². The maximum atomic E-state index is 11.2. The van der Waals surface area contributed by atoms with Crippen molar-refractivity contribution in [2.75, 3.05) is 12.8 Å². The van der Waals surface area contributed by atoms with Gasteiger partial charge in [0, 0.05) is 0 Å². The average molecular weight is 271 g/mol. The third-order valence-electron chi connectivity index (χ3n) is 3.21. The summed E-state index contributed by atoms with van der Waals surface area (Å²) in [5.41, 5.74) is -0.773. The zero-order valence-electron chi connectivity index (χ0n) is 10.9. The van der Waals surface area contributed by atoms with Crippen LogP contribution in [0.1, 0.15) is 31.9 Å². The summed E-state index contributed by atoms with van der Waals surface area (Å²) >= 11 is 1.77. The van der Waals surface area contributed by atoms with Crippen molar-refractivity contribution in [1.29, 1.82) is 0 Å². The number of carbonyl (C=O) groups is 1. The van der Waals surface area contributed by atoms with Gasteiger partial charge in [-0.25, -0.2) is 0 Å². The molecule has 1 aromatic heterocycles. The Kier molecular flexibility index (Phi) is 6.29. The van der Waals surface area contributed by atoms with Crippen LogP contribution in [-0.2, 0) is 10.5 Å². The summed E-state index contributed by atoms with van der Waals surface area (Å²) in [6.07, 6.45) is 3.80. The van der Waals surface area contributed by atoms with Crippen molar-refractivity contribution in [3.05, 3.63) is 24.2 Å². The lowest BCUT2D eigenvalue weighted by Crippen LogP contribution is -2.49. The number of nitrogens with one attached hydrogen (secondary N) is 1. The Morgan fingerprint density at radius 2 is 2.39 bits per heavy atom. The Bertz CT molecular complexity index is 347. The average Bonchev–Trinajstić information content (AvgIpc) is 2.87. The smallest absolute Gasteiger partial charge is 0.323 e. The van der Waals surface area contributed by atoms with Gasteiger partial charge in [-0.1, -0.05) is 6.92 Å². The van der Waals surface area contributed by atoms with Crippen LogP contribution < -0.4 is 5.32 Å². The summed E-state index contributed by atoms with van der Waals surface area (Å²) in [6, 6.07) is 3.83. The minimum Gasteiger partial charge on any atom is -0.480 e. The fourth-order valence-corrected chi connectivity index (χ4v) is 2.75. The molecule has 1 unspecified atom stereocenters. The van der Waals surface area contributed by atoms with Crippen molar-refractivity contribution in [1.82, 2.24) is 5.32 Å². The van der Waals surface area contributed by atoms with Crippen LogP contribution >= 0.6 is 11.8 Å². The Hall–Kier alpha value is -0.940. The first-order valence-corrected chi connectivity index (χ1v) is 7.32. The van der Waals surface area contributed by atoms with Crippen LogP contribution in [0.3, 0.4) is 0 Å². The largest absolute Gasteiger partial charge is 0.480 e. The zero-order valence-corrected chi connectivity index (χ0v) is 11.8. The maximum Gasteiger partial charge on any atom is 0.323 e. The summed E-state index contributed by atoms with van der Waals surface area (Å²) in [7, 11) is 1.72. The number of furan rings is 1. The van der Waals surface area contributed by atoms with Crippen LogP contribution in [0, 0.1) is 0 Å². The third-order valence-corrected chi connectivity index (χ3v) is 4.27. The number of hydrogen-bond acceptors (Lipinski definition) is 4. The highest BCUT2D eigenvalue weighted by Crippen LogP contribution is 2.20. The molecule has 0 aliphatic rings. The molecular formula is C13H21NO3S. The molecule has 0 spiro atoms. The topological polar surface area (TPSA) is 62.5 Å². The second-order valence-electron chi connectivity index (χ2n) is 4.23. The van der Waals surface area contributed by atoms with E-state index in [4.69, 9.17) is 4.42 Å². The molecule has 0 aliphatic heterocycles. The first-order valence-electron chi connectivity index (χ1n) is 6.17. The van der Waals surface area contributed by atoms with Crippen molar-refractivity contribution in [3.63, 3.8) is 0 Å². The van der Waals surface area contributed by atoms with Gasteiger partial charge in [0.15, 0.2) is 0 Å². The monoisotopic (exact) mass is 271 g/mol. The Labute approximate surface area is 112 Å². The number of carboxylic acids is 1. The highest BCUT2D eigenvalue weighted by molar-refractivity contribution is 7.98. The molecule has 0 bridgehead atoms. The predicted octanol–water partition coefficient (Wildman–Crippen LogP) is 2.75. The van der Waals surface area contributed by atoms with E-state index < -0.39 is 11.5 Å². The molecule has 1 aromatic rings. The number of rotatable bonds is 9. The lowest BCUT2D eigenvalue weighted by Gasteiger charge is -2.27. The second kappa shape index (κ2) is 7.48. The first kappa shape index (κ1) is 15.1. The quantitative estimate of drug-likeness (QED) is 0.676. The minimum atomic E-state index is -0.773. The van der Waals surface area contributed by atoms with Crippen LogP contribution in [-0.4, -0.2) is 29.4 Å². The van der Waals surface area contributed by atoms with Crippen LogP contribution in [0.25, 0.3) is 0 Å². The van der Waals surface area contributed by atoms with Gasteiger partial charge in [-0.05, 0) is 44.2 Å². The van der Waals surface area contributed by atoms with Crippen LogP contribution in [0.4, 0.5) is 0 Å². The van der Waals surface area contributed by atoms with Gasteiger partial charge in [0.1, 0.15) is 11.3 Å². The number of thioether (sulfide) groups is 1. The van der Waals surface area contributed by atoms with Crippen LogP contribution in [0.2, 0.25) is 0 Å². The van der Waals surface area contributed by atoms with E-state index >= 15 is 0 Å². The Morgan fingerprint density at radius 3 is 2.89 bits per heavy atom. The van der Waals surface area contributed by atoms with Crippen molar-refractivity contribution in [2.45, 2.75) is 37.5 Å². The third kappa shape index (κ3) is 4.07. The molecule has 2 N–H and O–H groups in total. The van der Waals surface area contributed by atoms with E-state index in [9.17, 15) is 9.90 Å². The van der Waals surface area contributed by atoms with E-state index in [1.807, 2.05) is 19.1 Å². The summed E-state index contributed by atoms with van der Waals surface area (Å²) in [6.45, 7) is 1.90. The molecule has 0 amide bonds. The summed E-state index contributed by atoms with van der Waals surface area (Å²) in [5.74, 6) is 1.99. The van der Waals surface area contributed by atoms with Crippen LogP contribution in [0.5, 0.6) is 0 Å². The lowest BCUT2D eigenvalue weighted by atomic mass is 9.91. The standard InChI is InChI=1S/C13H21NO3S/c1-3-13(14-2,12(15)16)7-5-9-18-10-11-6-4-8-17-11/h4,6,8,14H,3,5,7,9-10H2,1-2H3,(H,15,16). The van der Waals surface area contributed by atoms with Gasteiger partial charge in [0.25, 0.3) is 0 Å². The molecule has 0 aliphatic carbocycles. The molecule has 18 heavy (non-hydrogen) atoms. The van der Waals surface area contributed by atoms with Crippen molar-refractivity contribution < 1.29 is 14.3 Å². The molecule has 0 saturated heterocycles. The van der Waals surface area contributed by atoms with Gasteiger partial charge in [-0.3, -0.25) is 4.79 Å². The molecule has 102 valence electrons. The molecule has 5 heteroatoms. The van der Waals surface area contributed by atoms with Crippen LogP contribution in [0.15, 0.2) is 22.8 Å². The summed E-state index contributed by atoms with van der Waals surface area (Å²) in [4.78, 5) is 11.2. The number of aliphatic carboxylic acids is 1. The number of likely N-dealkylation sites (N-methyl/N-ethyl adjacent to an activating group) is 1. The first-order chi connectivity index (χ1) is 8.64. The molecule has 0 aromatic carbocycles. The lowest BCUT2D eigenvalue weighted by molar-refractivity contribution is -0.145. The summed E-state index contributed by atoms with van der Waals surface area (Å²) in [5, 5.41) is 12.2. The van der Waals surface area contributed by atoms with Gasteiger partial charge >= 0.3 is 5.97 Å². The van der Waals surface area contributed by atoms with E-state index in [-0.39, 0.29) is 0 Å². The Balaban J connectivity index is 2.25. The van der Waals surface area contributed by atoms with Gasteiger partial charge in [0.05, 0.1) is 12.0 Å². The number of carboxylic acid groups (broad SMARTS) is 1. The van der Waals surface area contributed by atoms with Crippen molar-refractivity contribution in [3.8, 4) is 0 Å². The van der Waals surface area contributed by atoms with Crippen molar-refractivity contribution >= 4 is 17.7 Å². The molecule has 0 radical (unpaired) electrons. The molecule has 4 nitrogen and oxygen atoms in total. The minimum absolute atomic E-state index is 0.599. The van der Waals surface area contributed by atoms with Gasteiger partial charge < -0.3 is 14.8 Å². The van der Waals surface area contributed by atoms with E-state index in [1.54, 1.807) is 25.1 Å². The zero-order chi connectivity index (χ0) is 13.4. The molecule has 0 fully saturated rings. The molecule has 1 atom stereocenters. The highest BCUT2D eigenvalue weighted by Gasteiger charge is 2.33. The Morgan fingerprint density at radius 1 is 1.61 bits per heavy atom. The summed E-state index contributed by atoms with van der Waals surface area (Å²) < 4.78 is 5.23. The second-order valence-corrected chi connectivity index (χ2v) is 5.33. The van der Waals surface area contributed by atoms with E-state index in [2.05, 4.69) is 5.32 Å². The SMILES string of the molecule is CCC(CCCSCc1ccco1)(NC)C(=O)O.